The van der Waals surface area contributed by atoms with Gasteiger partial charge in [0.05, 0.1) is 11.5 Å². The average molecular weight is 313 g/mol. The molecule has 1 unspecified atom stereocenters. The molecule has 1 atom stereocenters. The summed E-state index contributed by atoms with van der Waals surface area (Å²) < 4.78 is 50.2. The fourth-order valence-electron chi connectivity index (χ4n) is 1.91. The predicted octanol–water partition coefficient (Wildman–Crippen LogP) is -1.06. The van der Waals surface area contributed by atoms with Gasteiger partial charge < -0.3 is 5.32 Å². The summed E-state index contributed by atoms with van der Waals surface area (Å²) in [6.45, 7) is 4.01. The summed E-state index contributed by atoms with van der Waals surface area (Å²) in [7, 11) is -5.17. The fraction of sp³-hybridized carbons (Fsp3) is 1.00. The third-order valence-corrected chi connectivity index (χ3v) is 6.44. The first-order valence-electron chi connectivity index (χ1n) is 6.41. The van der Waals surface area contributed by atoms with Crippen molar-refractivity contribution in [3.05, 3.63) is 0 Å². The summed E-state index contributed by atoms with van der Waals surface area (Å²) in [6, 6.07) is -0.494. The molecule has 9 heteroatoms. The van der Waals surface area contributed by atoms with Gasteiger partial charge >= 0.3 is 0 Å². The molecular formula is C10H23N3O4S2. The van der Waals surface area contributed by atoms with Crippen LogP contribution < -0.4 is 10.0 Å². The van der Waals surface area contributed by atoms with Gasteiger partial charge in [-0.3, -0.25) is 0 Å². The van der Waals surface area contributed by atoms with Crippen molar-refractivity contribution < 1.29 is 16.8 Å². The van der Waals surface area contributed by atoms with Crippen LogP contribution in [0, 0.1) is 0 Å². The van der Waals surface area contributed by atoms with E-state index in [9.17, 15) is 16.8 Å². The lowest BCUT2D eigenvalue weighted by molar-refractivity contribution is 0.439. The average Bonchev–Trinajstić information content (AvgIpc) is 2.63. The molecule has 0 bridgehead atoms. The first-order valence-corrected chi connectivity index (χ1v) is 9.67. The van der Waals surface area contributed by atoms with Crippen LogP contribution in [0.25, 0.3) is 0 Å². The Balaban J connectivity index is 2.42. The number of sulfone groups is 1. The standard InChI is InChI=1S/C10H23N3O4S2/c1-3-11-6-4-7-13(2)19(16,17)12-10-5-8-18(14,15)9-10/h10-12H,3-9H2,1-2H3. The summed E-state index contributed by atoms with van der Waals surface area (Å²) in [5, 5.41) is 3.12. The Morgan fingerprint density at radius 3 is 2.58 bits per heavy atom. The minimum absolute atomic E-state index is 0.0598. The second kappa shape index (κ2) is 6.98. The van der Waals surface area contributed by atoms with Gasteiger partial charge in [0.1, 0.15) is 0 Å². The lowest BCUT2D eigenvalue weighted by atomic mass is 10.3. The lowest BCUT2D eigenvalue weighted by Gasteiger charge is -2.20. The van der Waals surface area contributed by atoms with E-state index in [0.717, 1.165) is 13.1 Å². The minimum Gasteiger partial charge on any atom is -0.317 e. The monoisotopic (exact) mass is 313 g/mol. The van der Waals surface area contributed by atoms with E-state index in [2.05, 4.69) is 10.0 Å². The second-order valence-electron chi connectivity index (χ2n) is 4.75. The molecule has 1 saturated heterocycles. The Bertz CT molecular complexity index is 475. The van der Waals surface area contributed by atoms with E-state index in [0.29, 0.717) is 19.4 Å². The highest BCUT2D eigenvalue weighted by molar-refractivity contribution is 7.91. The zero-order chi connectivity index (χ0) is 14.5. The molecule has 1 heterocycles. The van der Waals surface area contributed by atoms with Crippen LogP contribution in [0.1, 0.15) is 19.8 Å². The van der Waals surface area contributed by atoms with Gasteiger partial charge in [0, 0.05) is 19.6 Å². The first kappa shape index (κ1) is 16.8. The molecule has 0 aromatic rings. The maximum absolute atomic E-state index is 12.0. The summed E-state index contributed by atoms with van der Waals surface area (Å²) >= 11 is 0. The summed E-state index contributed by atoms with van der Waals surface area (Å²) in [5.74, 6) is -0.0399. The molecule has 0 saturated carbocycles. The first-order chi connectivity index (χ1) is 8.77. The number of rotatable bonds is 8. The Morgan fingerprint density at radius 2 is 2.05 bits per heavy atom. The minimum atomic E-state index is -3.59. The van der Waals surface area contributed by atoms with Crippen LogP contribution in [0.3, 0.4) is 0 Å². The molecule has 0 aromatic heterocycles. The van der Waals surface area contributed by atoms with Gasteiger partial charge in [0.2, 0.25) is 0 Å². The van der Waals surface area contributed by atoms with Crippen molar-refractivity contribution in [3.8, 4) is 0 Å². The molecule has 114 valence electrons. The zero-order valence-corrected chi connectivity index (χ0v) is 13.1. The molecule has 0 radical (unpaired) electrons. The second-order valence-corrected chi connectivity index (χ2v) is 8.79. The van der Waals surface area contributed by atoms with Crippen LogP contribution in [0.2, 0.25) is 0 Å². The van der Waals surface area contributed by atoms with Gasteiger partial charge in [0.15, 0.2) is 9.84 Å². The topological polar surface area (TPSA) is 95.6 Å². The van der Waals surface area contributed by atoms with Crippen molar-refractivity contribution in [1.82, 2.24) is 14.3 Å². The van der Waals surface area contributed by atoms with E-state index in [1.165, 1.54) is 11.4 Å². The van der Waals surface area contributed by atoms with Crippen LogP contribution in [-0.4, -0.2) is 65.4 Å². The molecule has 0 spiro atoms. The van der Waals surface area contributed by atoms with Gasteiger partial charge in [-0.15, -0.1) is 0 Å². The zero-order valence-electron chi connectivity index (χ0n) is 11.4. The smallest absolute Gasteiger partial charge is 0.279 e. The van der Waals surface area contributed by atoms with Crippen molar-refractivity contribution in [2.24, 2.45) is 0 Å². The summed E-state index contributed by atoms with van der Waals surface area (Å²) in [5.41, 5.74) is 0. The van der Waals surface area contributed by atoms with E-state index >= 15 is 0 Å². The molecule has 1 fully saturated rings. The van der Waals surface area contributed by atoms with Crippen LogP contribution in [0.15, 0.2) is 0 Å². The molecule has 7 nitrogen and oxygen atoms in total. The van der Waals surface area contributed by atoms with Gasteiger partial charge in [-0.1, -0.05) is 6.92 Å². The van der Waals surface area contributed by atoms with Gasteiger partial charge in [-0.05, 0) is 25.9 Å². The number of hydrogen-bond donors (Lipinski definition) is 2. The lowest BCUT2D eigenvalue weighted by Crippen LogP contribution is -2.44. The van der Waals surface area contributed by atoms with Crippen LogP contribution in [-0.2, 0) is 20.0 Å². The quantitative estimate of drug-likeness (QED) is 0.557. The molecule has 1 aliphatic rings. The maximum Gasteiger partial charge on any atom is 0.279 e. The van der Waals surface area contributed by atoms with Crippen LogP contribution in [0.4, 0.5) is 0 Å². The highest BCUT2D eigenvalue weighted by atomic mass is 32.2. The van der Waals surface area contributed by atoms with E-state index in [1.54, 1.807) is 0 Å². The van der Waals surface area contributed by atoms with E-state index in [1.807, 2.05) is 6.92 Å². The summed E-state index contributed by atoms with van der Waals surface area (Å²) in [4.78, 5) is 0. The van der Waals surface area contributed by atoms with Crippen LogP contribution >= 0.6 is 0 Å². The molecule has 19 heavy (non-hydrogen) atoms. The molecule has 0 amide bonds. The number of nitrogens with zero attached hydrogens (tertiary/aromatic N) is 1. The SMILES string of the molecule is CCNCCCN(C)S(=O)(=O)NC1CCS(=O)(=O)C1. The Hall–Kier alpha value is -0.220. The van der Waals surface area contributed by atoms with Crippen molar-refractivity contribution >= 4 is 20.0 Å². The highest BCUT2D eigenvalue weighted by Gasteiger charge is 2.32. The van der Waals surface area contributed by atoms with Crippen LogP contribution in [0.5, 0.6) is 0 Å². The summed E-state index contributed by atoms with van der Waals surface area (Å²) in [6.07, 6.45) is 1.07. The fourth-order valence-corrected chi connectivity index (χ4v) is 4.86. The normalized spacial score (nSPS) is 23.0. The molecule has 0 aromatic carbocycles. The molecule has 1 aliphatic heterocycles. The Kier molecular flexibility index (Phi) is 6.18. The Labute approximate surface area is 115 Å². The maximum atomic E-state index is 12.0. The number of nitrogens with one attached hydrogen (secondary N) is 2. The predicted molar refractivity (Wildman–Crippen MR) is 74.9 cm³/mol. The van der Waals surface area contributed by atoms with Gasteiger partial charge in [0.25, 0.3) is 10.2 Å². The largest absolute Gasteiger partial charge is 0.317 e. The van der Waals surface area contributed by atoms with E-state index in [4.69, 9.17) is 0 Å². The Morgan fingerprint density at radius 1 is 1.37 bits per heavy atom. The van der Waals surface area contributed by atoms with Crippen molar-refractivity contribution in [2.75, 3.05) is 38.2 Å². The third kappa shape index (κ3) is 5.74. The third-order valence-electron chi connectivity index (χ3n) is 3.03. The molecule has 0 aliphatic carbocycles. The molecular weight excluding hydrogens is 290 g/mol. The molecule has 2 N–H and O–H groups in total. The van der Waals surface area contributed by atoms with E-state index < -0.39 is 26.1 Å². The van der Waals surface area contributed by atoms with Crippen molar-refractivity contribution in [3.63, 3.8) is 0 Å². The number of hydrogen-bond acceptors (Lipinski definition) is 5. The van der Waals surface area contributed by atoms with Gasteiger partial charge in [-0.25, -0.2) is 8.42 Å². The molecule has 1 rings (SSSR count). The van der Waals surface area contributed by atoms with E-state index in [-0.39, 0.29) is 11.5 Å². The van der Waals surface area contributed by atoms with Gasteiger partial charge in [-0.2, -0.15) is 17.4 Å². The van der Waals surface area contributed by atoms with Crippen molar-refractivity contribution in [2.45, 2.75) is 25.8 Å². The highest BCUT2D eigenvalue weighted by Crippen LogP contribution is 2.12. The van der Waals surface area contributed by atoms with Crippen molar-refractivity contribution in [1.29, 1.82) is 0 Å².